The minimum atomic E-state index is 0.533. The topological polar surface area (TPSA) is 63.8 Å². The fraction of sp³-hybridized carbons (Fsp3) is 0.429. The maximum atomic E-state index is 5.46. The number of rotatable bonds is 3. The largest absolute Gasteiger partial charge is 0.384 e. The molecule has 0 saturated carbocycles. The minimum absolute atomic E-state index is 0.533. The van der Waals surface area contributed by atoms with E-state index >= 15 is 0 Å². The maximum absolute atomic E-state index is 5.46. The van der Waals surface area contributed by atoms with Crippen LogP contribution in [-0.2, 0) is 6.42 Å². The Labute approximate surface area is 65.9 Å². The fourth-order valence-corrected chi connectivity index (χ4v) is 0.772. The average Bonchev–Trinajstić information content (AvgIpc) is 2.01. The van der Waals surface area contributed by atoms with E-state index in [-0.39, 0.29) is 0 Å². The van der Waals surface area contributed by atoms with Gasteiger partial charge in [0, 0.05) is 19.2 Å². The fourth-order valence-electron chi connectivity index (χ4n) is 0.772. The van der Waals surface area contributed by atoms with Crippen molar-refractivity contribution in [2.45, 2.75) is 6.42 Å². The van der Waals surface area contributed by atoms with Gasteiger partial charge < -0.3 is 11.1 Å². The van der Waals surface area contributed by atoms with Crippen molar-refractivity contribution in [3.8, 4) is 0 Å². The Kier molecular flexibility index (Phi) is 2.80. The predicted octanol–water partition coefficient (Wildman–Crippen LogP) is -0.179. The first kappa shape index (κ1) is 7.94. The molecule has 4 nitrogen and oxygen atoms in total. The van der Waals surface area contributed by atoms with Gasteiger partial charge in [-0.15, -0.1) is 0 Å². The number of nitrogens with two attached hydrogens (primary N) is 1. The zero-order valence-electron chi connectivity index (χ0n) is 6.54. The molecule has 0 amide bonds. The molecule has 11 heavy (non-hydrogen) atoms. The van der Waals surface area contributed by atoms with Gasteiger partial charge in [-0.1, -0.05) is 0 Å². The Morgan fingerprint density at radius 2 is 2.45 bits per heavy atom. The molecule has 1 aromatic heterocycles. The molecule has 0 aromatic carbocycles. The van der Waals surface area contributed by atoms with Gasteiger partial charge in [-0.25, -0.2) is 9.97 Å². The third kappa shape index (κ3) is 2.51. The second-order valence-electron chi connectivity index (χ2n) is 2.25. The van der Waals surface area contributed by atoms with Crippen LogP contribution in [0.25, 0.3) is 0 Å². The van der Waals surface area contributed by atoms with Gasteiger partial charge >= 0.3 is 0 Å². The lowest BCUT2D eigenvalue weighted by molar-refractivity contribution is 0.756. The molecule has 0 aliphatic carbocycles. The lowest BCUT2D eigenvalue weighted by Gasteiger charge is -1.98. The molecule has 1 aromatic rings. The Bertz CT molecular complexity index is 223. The molecule has 60 valence electrons. The quantitative estimate of drug-likeness (QED) is 0.630. The maximum Gasteiger partial charge on any atom is 0.131 e. The van der Waals surface area contributed by atoms with Crippen molar-refractivity contribution in [3.63, 3.8) is 0 Å². The van der Waals surface area contributed by atoms with Gasteiger partial charge in [0.05, 0.1) is 0 Å². The summed E-state index contributed by atoms with van der Waals surface area (Å²) in [6, 6.07) is 1.68. The Morgan fingerprint density at radius 3 is 3.09 bits per heavy atom. The van der Waals surface area contributed by atoms with E-state index in [4.69, 9.17) is 5.73 Å². The average molecular weight is 152 g/mol. The third-order valence-electron chi connectivity index (χ3n) is 1.33. The summed E-state index contributed by atoms with van der Waals surface area (Å²) in [6.45, 7) is 0.878. The van der Waals surface area contributed by atoms with Gasteiger partial charge in [0.15, 0.2) is 0 Å². The summed E-state index contributed by atoms with van der Waals surface area (Å²) in [6.07, 6.45) is 2.49. The number of nitrogens with one attached hydrogen (secondary N) is 1. The molecule has 0 atom stereocenters. The molecular weight excluding hydrogens is 140 g/mol. The highest BCUT2D eigenvalue weighted by atomic mass is 14.9. The molecule has 0 unspecified atom stereocenters. The first-order valence-electron chi connectivity index (χ1n) is 3.55. The summed E-state index contributed by atoms with van der Waals surface area (Å²) in [7, 11) is 1.90. The molecule has 3 N–H and O–H groups in total. The molecule has 0 saturated heterocycles. The lowest BCUT2D eigenvalue weighted by atomic mass is 10.4. The van der Waals surface area contributed by atoms with Crippen molar-refractivity contribution in [3.05, 3.63) is 18.1 Å². The zero-order valence-corrected chi connectivity index (χ0v) is 6.54. The molecule has 0 aliphatic rings. The summed E-state index contributed by atoms with van der Waals surface area (Å²) < 4.78 is 0. The Balaban J connectivity index is 2.56. The number of aromatic nitrogens is 2. The summed E-state index contributed by atoms with van der Waals surface area (Å²) in [5.41, 5.74) is 5.46. The highest BCUT2D eigenvalue weighted by Crippen LogP contribution is 1.95. The van der Waals surface area contributed by atoms with E-state index < -0.39 is 0 Å². The standard InChI is InChI=1S/C7H12N4/c1-9-4-3-7-10-5-2-6(8)11-7/h2,5,9H,3-4H2,1H3,(H2,8,10,11). The van der Waals surface area contributed by atoms with Crippen molar-refractivity contribution >= 4 is 5.82 Å². The number of hydrogen-bond acceptors (Lipinski definition) is 4. The number of nitrogens with zero attached hydrogens (tertiary/aromatic N) is 2. The summed E-state index contributed by atoms with van der Waals surface area (Å²) in [5, 5.41) is 3.01. The molecule has 0 aliphatic heterocycles. The van der Waals surface area contributed by atoms with Crippen molar-refractivity contribution in [2.75, 3.05) is 19.3 Å². The van der Waals surface area contributed by atoms with E-state index in [1.54, 1.807) is 12.3 Å². The van der Waals surface area contributed by atoms with E-state index in [0.29, 0.717) is 5.82 Å². The summed E-state index contributed by atoms with van der Waals surface area (Å²) >= 11 is 0. The van der Waals surface area contributed by atoms with Crippen molar-refractivity contribution in [2.24, 2.45) is 0 Å². The molecule has 1 rings (SSSR count). The molecule has 0 bridgehead atoms. The summed E-state index contributed by atoms with van der Waals surface area (Å²) in [4.78, 5) is 8.08. The Hall–Kier alpha value is -1.16. The van der Waals surface area contributed by atoms with Gasteiger partial charge in [-0.05, 0) is 13.1 Å². The van der Waals surface area contributed by atoms with Crippen LogP contribution in [0.4, 0.5) is 5.82 Å². The van der Waals surface area contributed by atoms with Crippen molar-refractivity contribution < 1.29 is 0 Å². The van der Waals surface area contributed by atoms with Gasteiger partial charge in [0.2, 0.25) is 0 Å². The van der Waals surface area contributed by atoms with Crippen LogP contribution in [0.3, 0.4) is 0 Å². The van der Waals surface area contributed by atoms with Gasteiger partial charge in [-0.2, -0.15) is 0 Å². The second-order valence-corrected chi connectivity index (χ2v) is 2.25. The van der Waals surface area contributed by atoms with Crippen LogP contribution in [0.15, 0.2) is 12.3 Å². The first-order chi connectivity index (χ1) is 5.33. The number of anilines is 1. The normalized spacial score (nSPS) is 9.91. The molecule has 0 fully saturated rings. The van der Waals surface area contributed by atoms with Gasteiger partial charge in [0.25, 0.3) is 0 Å². The zero-order chi connectivity index (χ0) is 8.10. The summed E-state index contributed by atoms with van der Waals surface area (Å²) in [5.74, 6) is 1.32. The highest BCUT2D eigenvalue weighted by Gasteiger charge is 1.94. The minimum Gasteiger partial charge on any atom is -0.384 e. The monoisotopic (exact) mass is 152 g/mol. The van der Waals surface area contributed by atoms with Crippen molar-refractivity contribution in [1.29, 1.82) is 0 Å². The van der Waals surface area contributed by atoms with E-state index in [0.717, 1.165) is 18.8 Å². The predicted molar refractivity (Wildman–Crippen MR) is 44.1 cm³/mol. The second kappa shape index (κ2) is 3.88. The molecule has 0 spiro atoms. The van der Waals surface area contributed by atoms with Crippen LogP contribution in [0.2, 0.25) is 0 Å². The number of likely N-dealkylation sites (N-methyl/N-ethyl adjacent to an activating group) is 1. The highest BCUT2D eigenvalue weighted by molar-refractivity contribution is 5.24. The molecule has 1 heterocycles. The van der Waals surface area contributed by atoms with E-state index in [9.17, 15) is 0 Å². The molecule has 4 heteroatoms. The van der Waals surface area contributed by atoms with Crippen LogP contribution >= 0.6 is 0 Å². The smallest absolute Gasteiger partial charge is 0.131 e. The SMILES string of the molecule is CNCCc1nccc(N)n1. The van der Waals surface area contributed by atoms with Crippen LogP contribution < -0.4 is 11.1 Å². The van der Waals surface area contributed by atoms with Crippen molar-refractivity contribution in [1.82, 2.24) is 15.3 Å². The lowest BCUT2D eigenvalue weighted by Crippen LogP contribution is -2.12. The van der Waals surface area contributed by atoms with E-state index in [1.165, 1.54) is 0 Å². The Morgan fingerprint density at radius 1 is 1.64 bits per heavy atom. The van der Waals surface area contributed by atoms with E-state index in [1.807, 2.05) is 7.05 Å². The molecule has 0 radical (unpaired) electrons. The van der Waals surface area contributed by atoms with Crippen LogP contribution in [0.5, 0.6) is 0 Å². The number of nitrogen functional groups attached to an aromatic ring is 1. The third-order valence-corrected chi connectivity index (χ3v) is 1.33. The number of hydrogen-bond donors (Lipinski definition) is 2. The van der Waals surface area contributed by atoms with Crippen LogP contribution in [0, 0.1) is 0 Å². The van der Waals surface area contributed by atoms with E-state index in [2.05, 4.69) is 15.3 Å². The van der Waals surface area contributed by atoms with Gasteiger partial charge in [-0.3, -0.25) is 0 Å². The van der Waals surface area contributed by atoms with Gasteiger partial charge in [0.1, 0.15) is 11.6 Å². The first-order valence-corrected chi connectivity index (χ1v) is 3.55. The van der Waals surface area contributed by atoms with Crippen LogP contribution in [-0.4, -0.2) is 23.6 Å². The molecular formula is C7H12N4. The van der Waals surface area contributed by atoms with Crippen LogP contribution in [0.1, 0.15) is 5.82 Å².